The Morgan fingerprint density at radius 1 is 1.20 bits per heavy atom. The van der Waals surface area contributed by atoms with Gasteiger partial charge in [-0.05, 0) is 39.0 Å². The van der Waals surface area contributed by atoms with Crippen molar-refractivity contribution < 1.29 is 9.59 Å². The third-order valence-corrected chi connectivity index (χ3v) is 3.39. The van der Waals surface area contributed by atoms with E-state index in [0.717, 1.165) is 10.9 Å². The Morgan fingerprint density at radius 3 is 2.40 bits per heavy atom. The number of carbonyl (C=O) groups excluding carboxylic acids is 2. The number of hydrogen-bond acceptors (Lipinski definition) is 3. The summed E-state index contributed by atoms with van der Waals surface area (Å²) >= 11 is 0. The van der Waals surface area contributed by atoms with Gasteiger partial charge in [0.25, 0.3) is 11.7 Å². The molecule has 0 bridgehead atoms. The van der Waals surface area contributed by atoms with Gasteiger partial charge in [0, 0.05) is 17.1 Å². The van der Waals surface area contributed by atoms with E-state index in [-0.39, 0.29) is 0 Å². The van der Waals surface area contributed by atoms with Gasteiger partial charge in [-0.1, -0.05) is 18.2 Å². The zero-order valence-corrected chi connectivity index (χ0v) is 11.6. The van der Waals surface area contributed by atoms with E-state index in [2.05, 4.69) is 16.9 Å². The Hall–Kier alpha value is -2.14. The van der Waals surface area contributed by atoms with Crippen molar-refractivity contribution in [3.05, 3.63) is 36.0 Å². The number of Topliss-reactive ketones (excluding diaryl/α,β-unsaturated/α-hetero) is 1. The number of primary amides is 1. The van der Waals surface area contributed by atoms with Crippen LogP contribution in [0.25, 0.3) is 10.9 Å². The molecule has 0 unspecified atom stereocenters. The fourth-order valence-electron chi connectivity index (χ4n) is 2.27. The second-order valence-electron chi connectivity index (χ2n) is 4.95. The Labute approximate surface area is 117 Å². The Balaban J connectivity index is 0.000000205. The molecule has 1 aromatic heterocycles. The number of likely N-dealkylation sites (tertiary alicyclic amines) is 1. The second-order valence-corrected chi connectivity index (χ2v) is 4.95. The largest absolute Gasteiger partial charge is 0.363 e. The average molecular weight is 273 g/mol. The Bertz CT molecular complexity index is 612. The molecule has 0 aliphatic carbocycles. The van der Waals surface area contributed by atoms with Gasteiger partial charge in [-0.25, -0.2) is 0 Å². The van der Waals surface area contributed by atoms with Gasteiger partial charge < -0.3 is 15.6 Å². The third kappa shape index (κ3) is 3.24. The first-order valence-corrected chi connectivity index (χ1v) is 6.68. The van der Waals surface area contributed by atoms with E-state index in [1.807, 2.05) is 12.1 Å². The number of nitrogens with two attached hydrogens (primary N) is 1. The first kappa shape index (κ1) is 14.3. The molecule has 3 rings (SSSR count). The first-order chi connectivity index (χ1) is 9.59. The number of rotatable bonds is 2. The second kappa shape index (κ2) is 6.34. The standard InChI is InChI=1S/C10H8N2O2.C5H11N/c11-10(14)9(13)7-5-12-8-4-2-1-3-6(7)8;1-6-4-2-3-5-6/h1-5,12H,(H2,11,14);2-5H2,1H3. The molecule has 106 valence electrons. The van der Waals surface area contributed by atoms with Gasteiger partial charge in [-0.15, -0.1) is 0 Å². The summed E-state index contributed by atoms with van der Waals surface area (Å²) in [5.74, 6) is -1.60. The lowest BCUT2D eigenvalue weighted by Crippen LogP contribution is -2.22. The van der Waals surface area contributed by atoms with E-state index >= 15 is 0 Å². The number of carbonyl (C=O) groups is 2. The SMILES string of the molecule is CN1CCCC1.NC(=O)C(=O)c1c[nH]c2ccccc12. The highest BCUT2D eigenvalue weighted by Gasteiger charge is 2.16. The number of aromatic nitrogens is 1. The maximum absolute atomic E-state index is 11.3. The number of aromatic amines is 1. The van der Waals surface area contributed by atoms with Crippen LogP contribution >= 0.6 is 0 Å². The van der Waals surface area contributed by atoms with E-state index < -0.39 is 11.7 Å². The van der Waals surface area contributed by atoms with Crippen molar-refractivity contribution in [2.75, 3.05) is 20.1 Å². The van der Waals surface area contributed by atoms with Crippen LogP contribution in [0.4, 0.5) is 0 Å². The van der Waals surface area contributed by atoms with Gasteiger partial charge in [0.05, 0.1) is 5.56 Å². The van der Waals surface area contributed by atoms with Crippen LogP contribution < -0.4 is 5.73 Å². The molecule has 1 amide bonds. The lowest BCUT2D eigenvalue weighted by Gasteiger charge is -2.01. The lowest BCUT2D eigenvalue weighted by atomic mass is 10.1. The lowest BCUT2D eigenvalue weighted by molar-refractivity contribution is -0.114. The van der Waals surface area contributed by atoms with Crippen LogP contribution in [0, 0.1) is 0 Å². The summed E-state index contributed by atoms with van der Waals surface area (Å²) in [5.41, 5.74) is 6.06. The molecular formula is C15H19N3O2. The maximum Gasteiger partial charge on any atom is 0.289 e. The predicted octanol–water partition coefficient (Wildman–Crippen LogP) is 1.55. The van der Waals surface area contributed by atoms with Gasteiger partial charge in [0.15, 0.2) is 0 Å². The zero-order chi connectivity index (χ0) is 14.5. The molecule has 1 saturated heterocycles. The molecule has 3 N–H and O–H groups in total. The van der Waals surface area contributed by atoms with E-state index in [9.17, 15) is 9.59 Å². The monoisotopic (exact) mass is 273 g/mol. The zero-order valence-electron chi connectivity index (χ0n) is 11.6. The van der Waals surface area contributed by atoms with Crippen LogP contribution in [0.5, 0.6) is 0 Å². The average Bonchev–Trinajstić information content (AvgIpc) is 3.07. The number of amides is 1. The highest BCUT2D eigenvalue weighted by molar-refractivity contribution is 6.44. The van der Waals surface area contributed by atoms with Gasteiger partial charge in [-0.2, -0.15) is 0 Å². The quantitative estimate of drug-likeness (QED) is 0.643. The molecule has 1 aliphatic rings. The summed E-state index contributed by atoms with van der Waals surface area (Å²) in [6.45, 7) is 2.64. The number of benzene rings is 1. The Morgan fingerprint density at radius 2 is 1.85 bits per heavy atom. The number of ketones is 1. The van der Waals surface area contributed by atoms with Crippen molar-refractivity contribution in [2.24, 2.45) is 5.73 Å². The molecular weight excluding hydrogens is 254 g/mol. The number of nitrogens with one attached hydrogen (secondary N) is 1. The van der Waals surface area contributed by atoms with Crippen LogP contribution in [0.15, 0.2) is 30.5 Å². The molecule has 1 aliphatic heterocycles. The molecule has 0 saturated carbocycles. The van der Waals surface area contributed by atoms with Gasteiger partial charge in [0.2, 0.25) is 0 Å². The van der Waals surface area contributed by atoms with Crippen molar-refractivity contribution in [2.45, 2.75) is 12.8 Å². The molecule has 2 heterocycles. The molecule has 2 aromatic rings. The predicted molar refractivity (Wildman–Crippen MR) is 78.6 cm³/mol. The summed E-state index contributed by atoms with van der Waals surface area (Å²) < 4.78 is 0. The van der Waals surface area contributed by atoms with E-state index in [4.69, 9.17) is 5.73 Å². The molecule has 0 radical (unpaired) electrons. The van der Waals surface area contributed by atoms with Crippen molar-refractivity contribution in [3.63, 3.8) is 0 Å². The normalized spacial score (nSPS) is 14.8. The van der Waals surface area contributed by atoms with Gasteiger partial charge >= 0.3 is 0 Å². The van der Waals surface area contributed by atoms with Crippen molar-refractivity contribution in [3.8, 4) is 0 Å². The number of hydrogen-bond donors (Lipinski definition) is 2. The highest BCUT2D eigenvalue weighted by Crippen LogP contribution is 2.17. The Kier molecular flexibility index (Phi) is 4.53. The molecule has 0 spiro atoms. The van der Waals surface area contributed by atoms with Crippen LogP contribution in [-0.4, -0.2) is 41.7 Å². The summed E-state index contributed by atoms with van der Waals surface area (Å²) in [7, 11) is 2.17. The van der Waals surface area contributed by atoms with Crippen LogP contribution in [0.2, 0.25) is 0 Å². The third-order valence-electron chi connectivity index (χ3n) is 3.39. The summed E-state index contributed by atoms with van der Waals surface area (Å²) in [5, 5.41) is 0.719. The highest BCUT2D eigenvalue weighted by atomic mass is 16.2. The molecule has 5 heteroatoms. The minimum atomic E-state index is -0.935. The maximum atomic E-state index is 11.3. The number of nitrogens with zero attached hydrogens (tertiary/aromatic N) is 1. The van der Waals surface area contributed by atoms with E-state index in [1.54, 1.807) is 12.1 Å². The first-order valence-electron chi connectivity index (χ1n) is 6.68. The fourth-order valence-corrected chi connectivity index (χ4v) is 2.27. The van der Waals surface area contributed by atoms with Crippen LogP contribution in [0.3, 0.4) is 0 Å². The summed E-state index contributed by atoms with van der Waals surface area (Å²) in [4.78, 5) is 27.3. The number of para-hydroxylation sites is 1. The van der Waals surface area contributed by atoms with E-state index in [0.29, 0.717) is 5.56 Å². The molecule has 1 fully saturated rings. The van der Waals surface area contributed by atoms with Gasteiger partial charge in [0.1, 0.15) is 0 Å². The molecule has 20 heavy (non-hydrogen) atoms. The minimum Gasteiger partial charge on any atom is -0.363 e. The molecule has 0 atom stereocenters. The van der Waals surface area contributed by atoms with Gasteiger partial charge in [-0.3, -0.25) is 9.59 Å². The molecule has 1 aromatic carbocycles. The smallest absolute Gasteiger partial charge is 0.289 e. The van der Waals surface area contributed by atoms with Crippen LogP contribution in [-0.2, 0) is 4.79 Å². The topological polar surface area (TPSA) is 79.2 Å². The van der Waals surface area contributed by atoms with Crippen molar-refractivity contribution in [1.82, 2.24) is 9.88 Å². The van der Waals surface area contributed by atoms with Crippen molar-refractivity contribution >= 4 is 22.6 Å². The number of H-pyrrole nitrogens is 1. The summed E-state index contributed by atoms with van der Waals surface area (Å²) in [6.07, 6.45) is 4.32. The van der Waals surface area contributed by atoms with Crippen LogP contribution in [0.1, 0.15) is 23.2 Å². The molecule has 5 nitrogen and oxygen atoms in total. The minimum absolute atomic E-state index is 0.327. The number of fused-ring (bicyclic) bond motifs is 1. The fraction of sp³-hybridized carbons (Fsp3) is 0.333. The summed E-state index contributed by atoms with van der Waals surface area (Å²) in [6, 6.07) is 7.24. The van der Waals surface area contributed by atoms with E-state index in [1.165, 1.54) is 32.1 Å². The van der Waals surface area contributed by atoms with Crippen molar-refractivity contribution in [1.29, 1.82) is 0 Å².